The number of rotatable bonds is 5. The highest BCUT2D eigenvalue weighted by Crippen LogP contribution is 2.37. The van der Waals surface area contributed by atoms with Gasteiger partial charge in [0.05, 0.1) is 18.1 Å². The van der Waals surface area contributed by atoms with Gasteiger partial charge in [0, 0.05) is 0 Å². The maximum atomic E-state index is 13.1. The average Bonchev–Trinajstić information content (AvgIpc) is 2.48. The van der Waals surface area contributed by atoms with Crippen LogP contribution in [0, 0.1) is 15.9 Å². The van der Waals surface area contributed by atoms with E-state index >= 15 is 0 Å². The fourth-order valence-electron chi connectivity index (χ4n) is 1.54. The van der Waals surface area contributed by atoms with E-state index in [1.54, 1.807) is 0 Å². The van der Waals surface area contributed by atoms with Gasteiger partial charge in [0.25, 0.3) is 5.88 Å². The Morgan fingerprint density at radius 2 is 2.19 bits per heavy atom. The van der Waals surface area contributed by atoms with Gasteiger partial charge in [-0.05, 0) is 12.1 Å². The fraction of sp³-hybridized carbons (Fsp3) is 0.0909. The summed E-state index contributed by atoms with van der Waals surface area (Å²) in [6.07, 6.45) is 1.13. The van der Waals surface area contributed by atoms with Crippen molar-refractivity contribution in [1.29, 1.82) is 0 Å². The standard InChI is InChI=1S/C11H10FN5O4/c1-20-9-10(16-13)14-5-15-11(9)21-8-3-2-6(12)4-7(8)17(18)19/h2-5H,13H2,1H3,(H,14,15,16). The topological polar surface area (TPSA) is 125 Å². The number of hydrogen-bond donors (Lipinski definition) is 2. The lowest BCUT2D eigenvalue weighted by molar-refractivity contribution is -0.385. The number of nitro benzene ring substituents is 1. The minimum absolute atomic E-state index is 0.0543. The van der Waals surface area contributed by atoms with Crippen LogP contribution in [-0.2, 0) is 0 Å². The monoisotopic (exact) mass is 295 g/mol. The van der Waals surface area contributed by atoms with Gasteiger partial charge in [0.2, 0.25) is 11.5 Å². The highest BCUT2D eigenvalue weighted by atomic mass is 19.1. The third-order valence-electron chi connectivity index (χ3n) is 2.44. The minimum Gasteiger partial charge on any atom is -0.489 e. The lowest BCUT2D eigenvalue weighted by Crippen LogP contribution is -2.11. The number of anilines is 1. The van der Waals surface area contributed by atoms with Crippen molar-refractivity contribution in [2.75, 3.05) is 12.5 Å². The Hall–Kier alpha value is -3.01. The zero-order chi connectivity index (χ0) is 15.4. The minimum atomic E-state index is -0.770. The second-order valence-electron chi connectivity index (χ2n) is 3.68. The highest BCUT2D eigenvalue weighted by Gasteiger charge is 2.20. The molecule has 0 radical (unpaired) electrons. The Morgan fingerprint density at radius 3 is 2.81 bits per heavy atom. The van der Waals surface area contributed by atoms with Crippen LogP contribution >= 0.6 is 0 Å². The molecule has 0 amide bonds. The van der Waals surface area contributed by atoms with Gasteiger partial charge >= 0.3 is 5.69 Å². The van der Waals surface area contributed by atoms with Crippen molar-refractivity contribution >= 4 is 11.5 Å². The van der Waals surface area contributed by atoms with E-state index in [9.17, 15) is 14.5 Å². The van der Waals surface area contributed by atoms with Crippen LogP contribution in [0.25, 0.3) is 0 Å². The van der Waals surface area contributed by atoms with E-state index in [0.29, 0.717) is 0 Å². The number of nitrogens with one attached hydrogen (secondary N) is 1. The highest BCUT2D eigenvalue weighted by molar-refractivity contribution is 5.56. The molecule has 0 spiro atoms. The molecule has 0 saturated carbocycles. The lowest BCUT2D eigenvalue weighted by Gasteiger charge is -2.11. The van der Waals surface area contributed by atoms with E-state index in [1.807, 2.05) is 0 Å². The van der Waals surface area contributed by atoms with Crippen LogP contribution in [0.15, 0.2) is 24.5 Å². The Balaban J connectivity index is 2.46. The predicted octanol–water partition coefficient (Wildman–Crippen LogP) is 1.61. The first-order chi connectivity index (χ1) is 10.1. The average molecular weight is 295 g/mol. The molecule has 1 aromatic heterocycles. The first-order valence-corrected chi connectivity index (χ1v) is 5.54. The molecule has 10 heteroatoms. The third kappa shape index (κ3) is 2.95. The zero-order valence-electron chi connectivity index (χ0n) is 10.7. The van der Waals surface area contributed by atoms with Crippen LogP contribution in [0.1, 0.15) is 0 Å². The lowest BCUT2D eigenvalue weighted by atomic mass is 10.3. The van der Waals surface area contributed by atoms with Gasteiger partial charge < -0.3 is 14.9 Å². The molecule has 110 valence electrons. The summed E-state index contributed by atoms with van der Waals surface area (Å²) in [5, 5.41) is 10.9. The number of ether oxygens (including phenoxy) is 2. The summed E-state index contributed by atoms with van der Waals surface area (Å²) >= 11 is 0. The molecule has 0 aliphatic carbocycles. The van der Waals surface area contributed by atoms with Crippen molar-refractivity contribution in [3.8, 4) is 17.4 Å². The van der Waals surface area contributed by atoms with Crippen LogP contribution < -0.4 is 20.7 Å². The Kier molecular flexibility index (Phi) is 4.09. The first kappa shape index (κ1) is 14.4. The Bertz CT molecular complexity index is 682. The number of benzene rings is 1. The van der Waals surface area contributed by atoms with Gasteiger partial charge in [-0.3, -0.25) is 10.1 Å². The van der Waals surface area contributed by atoms with Gasteiger partial charge in [-0.25, -0.2) is 15.2 Å². The number of hydrogen-bond acceptors (Lipinski definition) is 8. The molecule has 1 heterocycles. The van der Waals surface area contributed by atoms with E-state index in [-0.39, 0.29) is 23.2 Å². The maximum Gasteiger partial charge on any atom is 0.314 e. The van der Waals surface area contributed by atoms with Crippen LogP contribution in [0.2, 0.25) is 0 Å². The largest absolute Gasteiger partial charge is 0.489 e. The molecule has 2 rings (SSSR count). The molecule has 1 aromatic carbocycles. The first-order valence-electron chi connectivity index (χ1n) is 5.54. The van der Waals surface area contributed by atoms with E-state index < -0.39 is 16.4 Å². The van der Waals surface area contributed by atoms with Crippen LogP contribution in [0.4, 0.5) is 15.9 Å². The second-order valence-corrected chi connectivity index (χ2v) is 3.68. The smallest absolute Gasteiger partial charge is 0.314 e. The van der Waals surface area contributed by atoms with Crippen molar-refractivity contribution in [1.82, 2.24) is 9.97 Å². The summed E-state index contributed by atoms with van der Waals surface area (Å²) in [6.45, 7) is 0. The van der Waals surface area contributed by atoms with Crippen molar-refractivity contribution in [3.63, 3.8) is 0 Å². The summed E-state index contributed by atoms with van der Waals surface area (Å²) in [7, 11) is 1.32. The van der Waals surface area contributed by atoms with Crippen molar-refractivity contribution < 1.29 is 18.8 Å². The normalized spacial score (nSPS) is 10.0. The van der Waals surface area contributed by atoms with E-state index in [0.717, 1.165) is 24.5 Å². The number of nitrogens with two attached hydrogens (primary N) is 1. The number of nitro groups is 1. The van der Waals surface area contributed by atoms with Crippen LogP contribution in [-0.4, -0.2) is 22.0 Å². The van der Waals surface area contributed by atoms with E-state index in [4.69, 9.17) is 15.3 Å². The van der Waals surface area contributed by atoms with Gasteiger partial charge in [0.1, 0.15) is 12.1 Å². The summed E-state index contributed by atoms with van der Waals surface area (Å²) in [5.74, 6) is 4.39. The molecule has 0 bridgehead atoms. The molecule has 21 heavy (non-hydrogen) atoms. The van der Waals surface area contributed by atoms with Gasteiger partial charge in [-0.2, -0.15) is 4.98 Å². The van der Waals surface area contributed by atoms with E-state index in [1.165, 1.54) is 7.11 Å². The predicted molar refractivity (Wildman–Crippen MR) is 69.5 cm³/mol. The Morgan fingerprint density at radius 1 is 1.43 bits per heavy atom. The summed E-state index contributed by atoms with van der Waals surface area (Å²) < 4.78 is 23.4. The molecule has 0 fully saturated rings. The third-order valence-corrected chi connectivity index (χ3v) is 2.44. The molecule has 3 N–H and O–H groups in total. The Labute approximate surface area is 117 Å². The SMILES string of the molecule is COc1c(NN)ncnc1Oc1ccc(F)cc1[N+](=O)[O-]. The summed E-state index contributed by atoms with van der Waals surface area (Å²) in [4.78, 5) is 17.7. The van der Waals surface area contributed by atoms with Gasteiger partial charge in [-0.15, -0.1) is 0 Å². The molecular weight excluding hydrogens is 285 g/mol. The maximum absolute atomic E-state index is 13.1. The molecule has 0 aliphatic heterocycles. The number of methoxy groups -OCH3 is 1. The summed E-state index contributed by atoms with van der Waals surface area (Å²) in [5.41, 5.74) is 1.73. The molecule has 0 atom stereocenters. The number of nitrogens with zero attached hydrogens (tertiary/aromatic N) is 3. The number of nitrogen functional groups attached to an aromatic ring is 1. The van der Waals surface area contributed by atoms with E-state index in [2.05, 4.69) is 15.4 Å². The molecule has 0 saturated heterocycles. The molecule has 9 nitrogen and oxygen atoms in total. The molecule has 0 aliphatic rings. The molecule has 2 aromatic rings. The van der Waals surface area contributed by atoms with Crippen LogP contribution in [0.3, 0.4) is 0 Å². The quantitative estimate of drug-likeness (QED) is 0.484. The number of halogens is 1. The molecular formula is C11H10FN5O4. The second kappa shape index (κ2) is 5.96. The molecule has 0 unspecified atom stereocenters. The van der Waals surface area contributed by atoms with Crippen LogP contribution in [0.5, 0.6) is 17.4 Å². The zero-order valence-corrected chi connectivity index (χ0v) is 10.7. The van der Waals surface area contributed by atoms with Crippen molar-refractivity contribution in [2.24, 2.45) is 5.84 Å². The summed E-state index contributed by atoms with van der Waals surface area (Å²) in [6, 6.07) is 2.88. The number of hydrazine groups is 1. The number of aromatic nitrogens is 2. The fourth-order valence-corrected chi connectivity index (χ4v) is 1.54. The van der Waals surface area contributed by atoms with Gasteiger partial charge in [0.15, 0.2) is 5.82 Å². The van der Waals surface area contributed by atoms with Gasteiger partial charge in [-0.1, -0.05) is 0 Å². The van der Waals surface area contributed by atoms with Crippen molar-refractivity contribution in [2.45, 2.75) is 0 Å². The van der Waals surface area contributed by atoms with Crippen molar-refractivity contribution in [3.05, 3.63) is 40.5 Å².